The number of urea groups is 1. The molecule has 8 heteroatoms. The summed E-state index contributed by atoms with van der Waals surface area (Å²) in [6, 6.07) is 6.41. The maximum atomic E-state index is 13.3. The van der Waals surface area contributed by atoms with E-state index < -0.39 is 23.7 Å². The fraction of sp³-hybridized carbons (Fsp3) is 0.0556. The fourth-order valence-corrected chi connectivity index (χ4v) is 2.55. The van der Waals surface area contributed by atoms with E-state index in [4.69, 9.17) is 16.0 Å². The fourth-order valence-electron chi connectivity index (χ4n) is 2.37. The molecule has 2 heterocycles. The van der Waals surface area contributed by atoms with E-state index in [0.717, 1.165) is 4.90 Å². The second kappa shape index (κ2) is 6.97. The molecule has 0 saturated carbocycles. The summed E-state index contributed by atoms with van der Waals surface area (Å²) < 4.78 is 18.8. The molecule has 1 fully saturated rings. The monoisotopic (exact) mass is 374 g/mol. The first-order valence-electron chi connectivity index (χ1n) is 7.45. The lowest BCUT2D eigenvalue weighted by molar-refractivity contribution is -0.129. The number of hydrogen-bond acceptors (Lipinski definition) is 4. The summed E-state index contributed by atoms with van der Waals surface area (Å²) in [5, 5.41) is 2.02. The molecular weight excluding hydrogens is 363 g/mol. The standard InChI is InChI=1S/C18H12ClFN2O4/c1-2-7-22-17(24)12(16(23)21-18(22)25)9-11-4-6-15(26-11)10-3-5-14(20)13(19)8-10/h2-6,8-9H,1,7H2,(H,21,23,25)/b12-9-. The van der Waals surface area contributed by atoms with Gasteiger partial charge in [-0.2, -0.15) is 0 Å². The number of nitrogens with one attached hydrogen (secondary N) is 1. The quantitative estimate of drug-likeness (QED) is 0.505. The van der Waals surface area contributed by atoms with E-state index in [1.807, 2.05) is 0 Å². The van der Waals surface area contributed by atoms with Crippen LogP contribution in [0.2, 0.25) is 5.02 Å². The number of rotatable bonds is 4. The highest BCUT2D eigenvalue weighted by atomic mass is 35.5. The Morgan fingerprint density at radius 3 is 2.69 bits per heavy atom. The van der Waals surface area contributed by atoms with Gasteiger partial charge in [0.2, 0.25) is 0 Å². The van der Waals surface area contributed by atoms with Crippen molar-refractivity contribution >= 4 is 35.5 Å². The Kier molecular flexibility index (Phi) is 4.73. The van der Waals surface area contributed by atoms with E-state index in [0.29, 0.717) is 11.3 Å². The van der Waals surface area contributed by atoms with Crippen LogP contribution in [0.3, 0.4) is 0 Å². The van der Waals surface area contributed by atoms with Crippen LogP contribution in [-0.2, 0) is 9.59 Å². The number of imide groups is 2. The number of benzene rings is 1. The summed E-state index contributed by atoms with van der Waals surface area (Å²) in [5.41, 5.74) is 0.286. The largest absolute Gasteiger partial charge is 0.457 e. The molecule has 0 spiro atoms. The minimum Gasteiger partial charge on any atom is -0.457 e. The zero-order chi connectivity index (χ0) is 18.8. The molecule has 1 aromatic carbocycles. The lowest BCUT2D eigenvalue weighted by atomic mass is 10.1. The third kappa shape index (κ3) is 3.29. The third-order valence-corrected chi connectivity index (χ3v) is 3.90. The number of amides is 4. The SMILES string of the molecule is C=CCN1C(=O)NC(=O)/C(=C/c2ccc(-c3ccc(F)c(Cl)c3)o2)C1=O. The Balaban J connectivity index is 1.92. The van der Waals surface area contributed by atoms with Gasteiger partial charge in [-0.05, 0) is 36.4 Å². The van der Waals surface area contributed by atoms with Crippen molar-refractivity contribution in [1.29, 1.82) is 0 Å². The van der Waals surface area contributed by atoms with Crippen molar-refractivity contribution in [3.8, 4) is 11.3 Å². The van der Waals surface area contributed by atoms with Gasteiger partial charge in [0.05, 0.1) is 5.02 Å². The van der Waals surface area contributed by atoms with Crippen LogP contribution in [0.25, 0.3) is 17.4 Å². The van der Waals surface area contributed by atoms with E-state index in [1.54, 1.807) is 6.07 Å². The first-order chi connectivity index (χ1) is 12.4. The van der Waals surface area contributed by atoms with E-state index in [-0.39, 0.29) is 22.9 Å². The van der Waals surface area contributed by atoms with Crippen molar-refractivity contribution in [2.75, 3.05) is 6.54 Å². The van der Waals surface area contributed by atoms with Crippen LogP contribution < -0.4 is 5.32 Å². The Morgan fingerprint density at radius 1 is 1.23 bits per heavy atom. The smallest absolute Gasteiger partial charge is 0.331 e. The number of furan rings is 1. The summed E-state index contributed by atoms with van der Waals surface area (Å²) >= 11 is 5.75. The van der Waals surface area contributed by atoms with E-state index >= 15 is 0 Å². The molecule has 6 nitrogen and oxygen atoms in total. The lowest BCUT2D eigenvalue weighted by Crippen LogP contribution is -2.54. The molecule has 3 rings (SSSR count). The van der Waals surface area contributed by atoms with Gasteiger partial charge in [-0.15, -0.1) is 6.58 Å². The van der Waals surface area contributed by atoms with Gasteiger partial charge in [-0.1, -0.05) is 17.7 Å². The average Bonchev–Trinajstić information content (AvgIpc) is 3.06. The molecule has 132 valence electrons. The van der Waals surface area contributed by atoms with Crippen LogP contribution in [0.15, 0.2) is 53.0 Å². The van der Waals surface area contributed by atoms with Crippen molar-refractivity contribution in [2.24, 2.45) is 0 Å². The first kappa shape index (κ1) is 17.6. The molecule has 1 saturated heterocycles. The number of barbiturate groups is 1. The van der Waals surface area contributed by atoms with Crippen LogP contribution in [0.1, 0.15) is 5.76 Å². The summed E-state index contributed by atoms with van der Waals surface area (Å²) in [7, 11) is 0. The highest BCUT2D eigenvalue weighted by Gasteiger charge is 2.35. The first-order valence-corrected chi connectivity index (χ1v) is 7.83. The molecule has 0 bridgehead atoms. The summed E-state index contributed by atoms with van der Waals surface area (Å²) in [4.78, 5) is 36.8. The molecule has 4 amide bonds. The number of nitrogens with zero attached hydrogens (tertiary/aromatic N) is 1. The van der Waals surface area contributed by atoms with Crippen molar-refractivity contribution in [3.63, 3.8) is 0 Å². The van der Waals surface area contributed by atoms with Crippen molar-refractivity contribution in [1.82, 2.24) is 10.2 Å². The van der Waals surface area contributed by atoms with E-state index in [1.165, 1.54) is 36.4 Å². The van der Waals surface area contributed by atoms with Crippen molar-refractivity contribution in [3.05, 3.63) is 65.2 Å². The highest BCUT2D eigenvalue weighted by Crippen LogP contribution is 2.27. The van der Waals surface area contributed by atoms with Gasteiger partial charge in [0, 0.05) is 12.1 Å². The highest BCUT2D eigenvalue weighted by molar-refractivity contribution is 6.31. The molecule has 1 aromatic heterocycles. The third-order valence-electron chi connectivity index (χ3n) is 3.61. The van der Waals surface area contributed by atoms with Gasteiger partial charge >= 0.3 is 6.03 Å². The normalized spacial score (nSPS) is 16.2. The lowest BCUT2D eigenvalue weighted by Gasteiger charge is -2.24. The average molecular weight is 375 g/mol. The van der Waals surface area contributed by atoms with Gasteiger partial charge < -0.3 is 4.42 Å². The molecule has 1 aliphatic heterocycles. The molecule has 26 heavy (non-hydrogen) atoms. The Bertz CT molecular complexity index is 964. The molecule has 0 unspecified atom stereocenters. The predicted octanol–water partition coefficient (Wildman–Crippen LogP) is 3.39. The molecule has 0 radical (unpaired) electrons. The number of carbonyl (C=O) groups excluding carboxylic acids is 3. The van der Waals surface area contributed by atoms with Gasteiger partial charge in [0.25, 0.3) is 11.8 Å². The minimum absolute atomic E-state index is 0.0350. The van der Waals surface area contributed by atoms with Gasteiger partial charge in [0.1, 0.15) is 22.9 Å². The zero-order valence-electron chi connectivity index (χ0n) is 13.3. The maximum absolute atomic E-state index is 13.3. The molecule has 1 N–H and O–H groups in total. The number of hydrogen-bond donors (Lipinski definition) is 1. The van der Waals surface area contributed by atoms with Gasteiger partial charge in [-0.3, -0.25) is 19.8 Å². The van der Waals surface area contributed by atoms with Crippen molar-refractivity contribution < 1.29 is 23.2 Å². The van der Waals surface area contributed by atoms with Crippen LogP contribution in [-0.4, -0.2) is 29.3 Å². The second-order valence-corrected chi connectivity index (χ2v) is 5.76. The summed E-state index contributed by atoms with van der Waals surface area (Å²) in [6.45, 7) is 3.43. The second-order valence-electron chi connectivity index (χ2n) is 5.35. The van der Waals surface area contributed by atoms with Crippen LogP contribution in [0, 0.1) is 5.82 Å². The van der Waals surface area contributed by atoms with Crippen LogP contribution in [0.4, 0.5) is 9.18 Å². The van der Waals surface area contributed by atoms with Crippen LogP contribution >= 0.6 is 11.6 Å². The Hall–Kier alpha value is -3.19. The number of halogens is 2. The molecule has 2 aromatic rings. The molecular formula is C18H12ClFN2O4. The Labute approximate surface area is 152 Å². The predicted molar refractivity (Wildman–Crippen MR) is 92.5 cm³/mol. The van der Waals surface area contributed by atoms with E-state index in [2.05, 4.69) is 11.9 Å². The maximum Gasteiger partial charge on any atom is 0.331 e. The van der Waals surface area contributed by atoms with Crippen LogP contribution in [0.5, 0.6) is 0 Å². The van der Waals surface area contributed by atoms with Gasteiger partial charge in [0.15, 0.2) is 0 Å². The van der Waals surface area contributed by atoms with Gasteiger partial charge in [-0.25, -0.2) is 9.18 Å². The molecule has 0 atom stereocenters. The van der Waals surface area contributed by atoms with E-state index in [9.17, 15) is 18.8 Å². The molecule has 0 aliphatic carbocycles. The zero-order valence-corrected chi connectivity index (χ0v) is 14.0. The number of carbonyl (C=O) groups is 3. The van der Waals surface area contributed by atoms with Crippen molar-refractivity contribution in [2.45, 2.75) is 0 Å². The summed E-state index contributed by atoms with van der Waals surface area (Å²) in [5.74, 6) is -1.53. The summed E-state index contributed by atoms with van der Waals surface area (Å²) in [6.07, 6.45) is 2.60. The molecule has 1 aliphatic rings. The Morgan fingerprint density at radius 2 is 2.00 bits per heavy atom. The minimum atomic E-state index is -0.817. The topological polar surface area (TPSA) is 79.6 Å².